The van der Waals surface area contributed by atoms with Crippen molar-refractivity contribution in [1.29, 1.82) is 0 Å². The fourth-order valence-corrected chi connectivity index (χ4v) is 2.71. The van der Waals surface area contributed by atoms with Gasteiger partial charge in [-0.3, -0.25) is 4.98 Å². The maximum atomic E-state index is 4.54. The van der Waals surface area contributed by atoms with Gasteiger partial charge in [0.1, 0.15) is 0 Å². The predicted molar refractivity (Wildman–Crippen MR) is 69.8 cm³/mol. The van der Waals surface area contributed by atoms with Gasteiger partial charge in [-0.15, -0.1) is 6.58 Å². The van der Waals surface area contributed by atoms with Crippen molar-refractivity contribution in [3.05, 3.63) is 78.6 Å². The highest BCUT2D eigenvalue weighted by Gasteiger charge is 2.55. The van der Waals surface area contributed by atoms with Crippen molar-refractivity contribution in [1.82, 2.24) is 4.98 Å². The predicted octanol–water partition coefficient (Wildman–Crippen LogP) is 3.57. The molecule has 2 atom stereocenters. The third-order valence-corrected chi connectivity index (χ3v) is 3.71. The standard InChI is InChI=1S/C16H15N/c1-2-13-12-16(13,14-8-4-3-5-9-14)15-10-6-7-11-17-15/h2-11,13H,1,12H2. The van der Waals surface area contributed by atoms with Crippen LogP contribution in [0.15, 0.2) is 67.4 Å². The van der Waals surface area contributed by atoms with Crippen LogP contribution in [-0.2, 0) is 5.41 Å². The van der Waals surface area contributed by atoms with E-state index in [1.165, 1.54) is 5.56 Å². The van der Waals surface area contributed by atoms with E-state index in [1.807, 2.05) is 12.3 Å². The molecule has 0 amide bonds. The Morgan fingerprint density at radius 1 is 1.12 bits per heavy atom. The minimum absolute atomic E-state index is 0.0737. The van der Waals surface area contributed by atoms with Gasteiger partial charge in [0, 0.05) is 11.6 Å². The second-order valence-corrected chi connectivity index (χ2v) is 4.60. The summed E-state index contributed by atoms with van der Waals surface area (Å²) in [5, 5.41) is 0. The van der Waals surface area contributed by atoms with Crippen LogP contribution in [0.2, 0.25) is 0 Å². The van der Waals surface area contributed by atoms with Gasteiger partial charge in [0.2, 0.25) is 0 Å². The molecule has 1 nitrogen and oxygen atoms in total. The minimum atomic E-state index is 0.0737. The molecule has 17 heavy (non-hydrogen) atoms. The van der Waals surface area contributed by atoms with Gasteiger partial charge in [-0.1, -0.05) is 42.5 Å². The number of hydrogen-bond acceptors (Lipinski definition) is 1. The highest BCUT2D eigenvalue weighted by molar-refractivity contribution is 5.45. The summed E-state index contributed by atoms with van der Waals surface area (Å²) in [5.74, 6) is 0.514. The molecule has 1 aromatic carbocycles. The Morgan fingerprint density at radius 2 is 1.88 bits per heavy atom. The first-order chi connectivity index (χ1) is 8.38. The lowest BCUT2D eigenvalue weighted by Gasteiger charge is -2.16. The van der Waals surface area contributed by atoms with Gasteiger partial charge < -0.3 is 0 Å². The van der Waals surface area contributed by atoms with E-state index in [0.29, 0.717) is 5.92 Å². The van der Waals surface area contributed by atoms with Crippen LogP contribution in [0.1, 0.15) is 17.7 Å². The van der Waals surface area contributed by atoms with Crippen LogP contribution < -0.4 is 0 Å². The molecule has 1 heterocycles. The molecule has 0 aliphatic heterocycles. The topological polar surface area (TPSA) is 12.9 Å². The lowest BCUT2D eigenvalue weighted by atomic mass is 9.89. The first-order valence-electron chi connectivity index (χ1n) is 5.97. The molecule has 0 spiro atoms. The number of benzene rings is 1. The Morgan fingerprint density at radius 3 is 2.47 bits per heavy atom. The molecular formula is C16H15N. The highest BCUT2D eigenvalue weighted by Crippen LogP contribution is 2.58. The number of aromatic nitrogens is 1. The maximum absolute atomic E-state index is 4.54. The molecule has 1 fully saturated rings. The Kier molecular flexibility index (Phi) is 2.32. The van der Waals surface area contributed by atoms with Crippen LogP contribution in [0.4, 0.5) is 0 Å². The molecular weight excluding hydrogens is 206 g/mol. The van der Waals surface area contributed by atoms with E-state index >= 15 is 0 Å². The summed E-state index contributed by atoms with van der Waals surface area (Å²) in [6.45, 7) is 3.94. The zero-order valence-corrected chi connectivity index (χ0v) is 9.71. The summed E-state index contributed by atoms with van der Waals surface area (Å²) in [6, 6.07) is 16.8. The van der Waals surface area contributed by atoms with E-state index in [9.17, 15) is 0 Å². The minimum Gasteiger partial charge on any atom is -0.260 e. The molecule has 0 N–H and O–H groups in total. The smallest absolute Gasteiger partial charge is 0.0515 e. The van der Waals surface area contributed by atoms with E-state index in [1.54, 1.807) is 0 Å². The second-order valence-electron chi connectivity index (χ2n) is 4.60. The summed E-state index contributed by atoms with van der Waals surface area (Å²) in [7, 11) is 0. The van der Waals surface area contributed by atoms with Crippen LogP contribution in [0.3, 0.4) is 0 Å². The SMILES string of the molecule is C=CC1CC1(c1ccccc1)c1ccccn1. The van der Waals surface area contributed by atoms with Crippen molar-refractivity contribution in [2.45, 2.75) is 11.8 Å². The third-order valence-electron chi connectivity index (χ3n) is 3.71. The summed E-state index contributed by atoms with van der Waals surface area (Å²) < 4.78 is 0. The average molecular weight is 221 g/mol. The Balaban J connectivity index is 2.11. The van der Waals surface area contributed by atoms with Crippen molar-refractivity contribution in [2.24, 2.45) is 5.92 Å². The van der Waals surface area contributed by atoms with Crippen LogP contribution in [0.5, 0.6) is 0 Å². The van der Waals surface area contributed by atoms with Crippen molar-refractivity contribution < 1.29 is 0 Å². The van der Waals surface area contributed by atoms with E-state index < -0.39 is 0 Å². The maximum Gasteiger partial charge on any atom is 0.0515 e. The number of rotatable bonds is 3. The number of hydrogen-bond donors (Lipinski definition) is 0. The fraction of sp³-hybridized carbons (Fsp3) is 0.188. The van der Waals surface area contributed by atoms with Gasteiger partial charge in [-0.2, -0.15) is 0 Å². The lowest BCUT2D eigenvalue weighted by Crippen LogP contribution is -2.13. The van der Waals surface area contributed by atoms with Gasteiger partial charge in [0.05, 0.1) is 5.69 Å². The number of allylic oxidation sites excluding steroid dienone is 1. The first kappa shape index (κ1) is 10.3. The molecule has 2 aromatic rings. The van der Waals surface area contributed by atoms with E-state index in [2.05, 4.69) is 60.1 Å². The molecule has 1 saturated carbocycles. The Hall–Kier alpha value is -1.89. The quantitative estimate of drug-likeness (QED) is 0.722. The highest BCUT2D eigenvalue weighted by atomic mass is 14.8. The zero-order valence-electron chi connectivity index (χ0n) is 9.71. The molecule has 2 unspecified atom stereocenters. The van der Waals surface area contributed by atoms with Gasteiger partial charge in [0.15, 0.2) is 0 Å². The van der Waals surface area contributed by atoms with Gasteiger partial charge in [-0.05, 0) is 30.0 Å². The molecule has 0 saturated heterocycles. The van der Waals surface area contributed by atoms with Crippen LogP contribution in [0, 0.1) is 5.92 Å². The molecule has 84 valence electrons. The average Bonchev–Trinajstić information content (AvgIpc) is 3.17. The Labute approximate surface area is 102 Å². The normalized spacial score (nSPS) is 26.5. The molecule has 0 bridgehead atoms. The molecule has 1 aliphatic rings. The summed E-state index contributed by atoms with van der Waals surface area (Å²) in [6.07, 6.45) is 5.05. The number of nitrogens with zero attached hydrogens (tertiary/aromatic N) is 1. The number of pyridine rings is 1. The van der Waals surface area contributed by atoms with Crippen molar-refractivity contribution >= 4 is 0 Å². The largest absolute Gasteiger partial charge is 0.260 e. The van der Waals surface area contributed by atoms with Crippen LogP contribution in [0.25, 0.3) is 0 Å². The molecule has 0 radical (unpaired) electrons. The summed E-state index contributed by atoms with van der Waals surface area (Å²) >= 11 is 0. The van der Waals surface area contributed by atoms with E-state index in [4.69, 9.17) is 0 Å². The Bertz CT molecular complexity index is 476. The molecule has 3 rings (SSSR count). The van der Waals surface area contributed by atoms with Crippen LogP contribution in [-0.4, -0.2) is 4.98 Å². The van der Waals surface area contributed by atoms with E-state index in [-0.39, 0.29) is 5.41 Å². The zero-order chi connectivity index (χ0) is 11.7. The molecule has 1 heteroatoms. The first-order valence-corrected chi connectivity index (χ1v) is 5.97. The third kappa shape index (κ3) is 1.50. The second kappa shape index (κ2) is 3.85. The lowest BCUT2D eigenvalue weighted by molar-refractivity contribution is 0.756. The van der Waals surface area contributed by atoms with Gasteiger partial charge >= 0.3 is 0 Å². The van der Waals surface area contributed by atoms with Crippen molar-refractivity contribution in [3.8, 4) is 0 Å². The summed E-state index contributed by atoms with van der Waals surface area (Å²) in [4.78, 5) is 4.54. The van der Waals surface area contributed by atoms with Crippen molar-refractivity contribution in [3.63, 3.8) is 0 Å². The summed E-state index contributed by atoms with van der Waals surface area (Å²) in [5.41, 5.74) is 2.59. The monoisotopic (exact) mass is 221 g/mol. The van der Waals surface area contributed by atoms with Gasteiger partial charge in [0.25, 0.3) is 0 Å². The molecule has 1 aromatic heterocycles. The van der Waals surface area contributed by atoms with Gasteiger partial charge in [-0.25, -0.2) is 0 Å². The van der Waals surface area contributed by atoms with Crippen molar-refractivity contribution in [2.75, 3.05) is 0 Å². The van der Waals surface area contributed by atoms with Crippen LogP contribution >= 0.6 is 0 Å². The van der Waals surface area contributed by atoms with E-state index in [0.717, 1.165) is 12.1 Å². The molecule has 1 aliphatic carbocycles. The fourth-order valence-electron chi connectivity index (χ4n) is 2.71.